The van der Waals surface area contributed by atoms with E-state index in [2.05, 4.69) is 233 Å². The zero-order valence-corrected chi connectivity index (χ0v) is 30.8. The van der Waals surface area contributed by atoms with Crippen molar-refractivity contribution in [3.05, 3.63) is 218 Å². The summed E-state index contributed by atoms with van der Waals surface area (Å²) in [6.07, 6.45) is 9.75. The molecule has 0 saturated carbocycles. The molecule has 1 aromatic heterocycles. The number of benzene rings is 8. The van der Waals surface area contributed by atoms with Gasteiger partial charge in [-0.25, -0.2) is 0 Å². The van der Waals surface area contributed by atoms with Crippen LogP contribution in [0.3, 0.4) is 0 Å². The van der Waals surface area contributed by atoms with Crippen LogP contribution in [0.25, 0.3) is 32.7 Å². The number of fused-ring (bicyclic) bond motifs is 5. The van der Waals surface area contributed by atoms with E-state index < -0.39 is 0 Å². The topological polar surface area (TPSA) is 22.9 Å². The van der Waals surface area contributed by atoms with E-state index >= 15 is 0 Å². The van der Waals surface area contributed by atoms with Crippen LogP contribution in [-0.4, -0.2) is 6.04 Å². The highest BCUT2D eigenvalue weighted by Gasteiger charge is 2.23. The van der Waals surface area contributed by atoms with Gasteiger partial charge < -0.3 is 19.1 Å². The van der Waals surface area contributed by atoms with Crippen LogP contribution in [0, 0.1) is 0 Å². The number of nitrogens with zero attached hydrogens (tertiary/aromatic N) is 3. The van der Waals surface area contributed by atoms with Gasteiger partial charge in [0.1, 0.15) is 5.58 Å². The molecule has 1 unspecified atom stereocenters. The Balaban J connectivity index is 1.12. The average molecular weight is 722 g/mol. The largest absolute Gasteiger partial charge is 0.453 e. The summed E-state index contributed by atoms with van der Waals surface area (Å²) in [5.41, 5.74) is 10.4. The van der Waals surface area contributed by atoms with Gasteiger partial charge in [0, 0.05) is 56.0 Å². The van der Waals surface area contributed by atoms with Crippen molar-refractivity contribution >= 4 is 78.2 Å². The Bertz CT molecular complexity index is 2790. The van der Waals surface area contributed by atoms with Crippen molar-refractivity contribution in [3.8, 4) is 0 Å². The van der Waals surface area contributed by atoms with Crippen molar-refractivity contribution in [1.82, 2.24) is 0 Å². The van der Waals surface area contributed by atoms with E-state index in [-0.39, 0.29) is 6.04 Å². The summed E-state index contributed by atoms with van der Waals surface area (Å²) in [5, 5.41) is 4.48. The van der Waals surface area contributed by atoms with Gasteiger partial charge in [0.15, 0.2) is 5.58 Å². The van der Waals surface area contributed by atoms with Crippen molar-refractivity contribution in [2.45, 2.75) is 12.5 Å². The first-order valence-electron chi connectivity index (χ1n) is 19.2. The number of allylic oxidation sites excluding steroid dienone is 2. The van der Waals surface area contributed by atoms with E-state index in [9.17, 15) is 0 Å². The van der Waals surface area contributed by atoms with Gasteiger partial charge in [0.2, 0.25) is 0 Å². The molecule has 9 aromatic rings. The van der Waals surface area contributed by atoms with Gasteiger partial charge in [-0.05, 0) is 109 Å². The van der Waals surface area contributed by atoms with Crippen LogP contribution < -0.4 is 14.7 Å². The number of anilines is 8. The Hall–Kier alpha value is -7.30. The van der Waals surface area contributed by atoms with Crippen LogP contribution in [-0.2, 0) is 0 Å². The van der Waals surface area contributed by atoms with E-state index in [1.54, 1.807) is 0 Å². The average Bonchev–Trinajstić information content (AvgIpc) is 3.67. The molecule has 4 nitrogen and oxygen atoms in total. The zero-order chi connectivity index (χ0) is 37.3. The Morgan fingerprint density at radius 2 is 0.875 bits per heavy atom. The second kappa shape index (κ2) is 14.5. The normalized spacial score (nSPS) is 13.7. The first-order chi connectivity index (χ1) is 27.8. The molecule has 268 valence electrons. The zero-order valence-electron chi connectivity index (χ0n) is 30.8. The first kappa shape index (κ1) is 33.3. The maximum Gasteiger partial charge on any atom is 0.159 e. The van der Waals surface area contributed by atoms with Gasteiger partial charge in [0.25, 0.3) is 0 Å². The van der Waals surface area contributed by atoms with Crippen LogP contribution in [0.5, 0.6) is 0 Å². The van der Waals surface area contributed by atoms with E-state index in [1.807, 2.05) is 0 Å². The molecule has 0 aliphatic heterocycles. The van der Waals surface area contributed by atoms with Crippen LogP contribution in [0.4, 0.5) is 45.5 Å². The molecule has 56 heavy (non-hydrogen) atoms. The lowest BCUT2D eigenvalue weighted by Gasteiger charge is -2.33. The Morgan fingerprint density at radius 1 is 0.375 bits per heavy atom. The molecule has 10 rings (SSSR count). The molecule has 1 aliphatic carbocycles. The fourth-order valence-electron chi connectivity index (χ4n) is 8.11. The summed E-state index contributed by atoms with van der Waals surface area (Å²) in [5.74, 6) is 0. The fourth-order valence-corrected chi connectivity index (χ4v) is 8.11. The van der Waals surface area contributed by atoms with E-state index in [0.29, 0.717) is 0 Å². The maximum absolute atomic E-state index is 6.93. The molecule has 0 saturated heterocycles. The van der Waals surface area contributed by atoms with Crippen LogP contribution in [0.15, 0.2) is 223 Å². The van der Waals surface area contributed by atoms with Crippen molar-refractivity contribution in [3.63, 3.8) is 0 Å². The Morgan fingerprint density at radius 3 is 1.50 bits per heavy atom. The summed E-state index contributed by atoms with van der Waals surface area (Å²) in [6, 6.07) is 69.1. The van der Waals surface area contributed by atoms with Gasteiger partial charge >= 0.3 is 0 Å². The third-order valence-corrected chi connectivity index (χ3v) is 10.7. The minimum Gasteiger partial charge on any atom is -0.453 e. The second-order valence-corrected chi connectivity index (χ2v) is 14.1. The molecule has 4 heteroatoms. The summed E-state index contributed by atoms with van der Waals surface area (Å²) >= 11 is 0. The molecule has 0 fully saturated rings. The van der Waals surface area contributed by atoms with Gasteiger partial charge in [-0.2, -0.15) is 0 Å². The molecule has 0 bridgehead atoms. The van der Waals surface area contributed by atoms with E-state index in [4.69, 9.17) is 4.42 Å². The molecular formula is C52H39N3O. The van der Waals surface area contributed by atoms with Crippen molar-refractivity contribution in [2.24, 2.45) is 0 Å². The van der Waals surface area contributed by atoms with E-state index in [0.717, 1.165) is 78.9 Å². The summed E-state index contributed by atoms with van der Waals surface area (Å²) in [7, 11) is 0. The molecule has 1 aliphatic rings. The first-order valence-corrected chi connectivity index (χ1v) is 19.2. The molecular weight excluding hydrogens is 683 g/mol. The SMILES string of the molecule is C1=CCC(N(c2ccccc2)c2ccc(N(c3ccc(N(c4ccccc4)c4ccccc4)cc3)c3cccc4c3oc3c5ccccc5ccc43)cc2)C=C1. The van der Waals surface area contributed by atoms with Gasteiger partial charge in [-0.15, -0.1) is 0 Å². The van der Waals surface area contributed by atoms with Gasteiger partial charge in [-0.3, -0.25) is 0 Å². The molecule has 0 spiro atoms. The van der Waals surface area contributed by atoms with Gasteiger partial charge in [0.05, 0.1) is 11.7 Å². The highest BCUT2D eigenvalue weighted by atomic mass is 16.3. The number of furan rings is 1. The van der Waals surface area contributed by atoms with Crippen molar-refractivity contribution in [1.29, 1.82) is 0 Å². The molecule has 8 aromatic carbocycles. The highest BCUT2D eigenvalue weighted by molar-refractivity contribution is 6.17. The maximum atomic E-state index is 6.93. The monoisotopic (exact) mass is 721 g/mol. The summed E-state index contributed by atoms with van der Waals surface area (Å²) in [6.45, 7) is 0. The number of hydrogen-bond donors (Lipinski definition) is 0. The Labute approximate surface area is 327 Å². The lowest BCUT2D eigenvalue weighted by Crippen LogP contribution is -2.29. The number of rotatable bonds is 9. The molecule has 0 radical (unpaired) electrons. The van der Waals surface area contributed by atoms with Gasteiger partial charge in [-0.1, -0.05) is 121 Å². The Kier molecular flexibility index (Phi) is 8.62. The standard InChI is InChI=1S/C52H39N3O/c1-5-17-39(18-6-1)53(40-19-7-2-8-20-40)43-29-33-45(34-30-43)55(50-27-15-26-48-49-37-28-38-16-13-14-25-47(38)51(49)56-52(48)50)46-35-31-44(32-36-46)54(41-21-9-3-10-22-41)42-23-11-4-12-24-42/h1-23,25-37,42H,24H2. The molecule has 0 N–H and O–H groups in total. The quantitative estimate of drug-likeness (QED) is 0.148. The third-order valence-electron chi connectivity index (χ3n) is 10.7. The minimum absolute atomic E-state index is 0.216. The lowest BCUT2D eigenvalue weighted by molar-refractivity contribution is 0.673. The van der Waals surface area contributed by atoms with Crippen LogP contribution >= 0.6 is 0 Å². The highest BCUT2D eigenvalue weighted by Crippen LogP contribution is 2.45. The predicted octanol–water partition coefficient (Wildman–Crippen LogP) is 14.7. The summed E-state index contributed by atoms with van der Waals surface area (Å²) in [4.78, 5) is 7.04. The number of para-hydroxylation sites is 4. The minimum atomic E-state index is 0.216. The van der Waals surface area contributed by atoms with Crippen LogP contribution in [0.2, 0.25) is 0 Å². The number of hydrogen-bond acceptors (Lipinski definition) is 4. The molecule has 0 amide bonds. The van der Waals surface area contributed by atoms with Crippen molar-refractivity contribution in [2.75, 3.05) is 14.7 Å². The van der Waals surface area contributed by atoms with Crippen molar-refractivity contribution < 1.29 is 4.42 Å². The van der Waals surface area contributed by atoms with Crippen LogP contribution in [0.1, 0.15) is 6.42 Å². The smallest absolute Gasteiger partial charge is 0.159 e. The second-order valence-electron chi connectivity index (χ2n) is 14.1. The summed E-state index contributed by atoms with van der Waals surface area (Å²) < 4.78 is 6.93. The third kappa shape index (κ3) is 6.08. The molecule has 1 atom stereocenters. The van der Waals surface area contributed by atoms with E-state index in [1.165, 1.54) is 5.69 Å². The molecule has 1 heterocycles. The fraction of sp³-hybridized carbons (Fsp3) is 0.0385. The predicted molar refractivity (Wildman–Crippen MR) is 236 cm³/mol. The lowest BCUT2D eigenvalue weighted by atomic mass is 10.0.